The van der Waals surface area contributed by atoms with Crippen LogP contribution in [0.4, 0.5) is 0 Å². The monoisotopic (exact) mass is 491 g/mol. The van der Waals surface area contributed by atoms with E-state index < -0.39 is 0 Å². The first-order chi connectivity index (χ1) is 17.7. The summed E-state index contributed by atoms with van der Waals surface area (Å²) in [5.41, 5.74) is 5.39. The lowest BCUT2D eigenvalue weighted by molar-refractivity contribution is 0.0925. The molecule has 1 amide bonds. The first-order valence-corrected chi connectivity index (χ1v) is 12.8. The predicted octanol–water partition coefficient (Wildman–Crippen LogP) is 6.67. The van der Waals surface area contributed by atoms with E-state index in [1.165, 1.54) is 28.5 Å². The number of aromatic nitrogens is 2. The number of furan rings is 1. The van der Waals surface area contributed by atoms with Crippen LogP contribution in [0.1, 0.15) is 21.9 Å². The third-order valence-electron chi connectivity index (χ3n) is 5.72. The average molecular weight is 492 g/mol. The molecule has 0 unspecified atom stereocenters. The van der Waals surface area contributed by atoms with Crippen LogP contribution in [0.3, 0.4) is 0 Å². The van der Waals surface area contributed by atoms with Crippen LogP contribution in [0, 0.1) is 0 Å². The summed E-state index contributed by atoms with van der Waals surface area (Å²) >= 11 is 1.52. The summed E-state index contributed by atoms with van der Waals surface area (Å²) in [4.78, 5) is 12.4. The molecule has 5 rings (SSSR count). The van der Waals surface area contributed by atoms with Crippen molar-refractivity contribution in [3.8, 4) is 22.4 Å². The van der Waals surface area contributed by atoms with Gasteiger partial charge in [0.05, 0.1) is 11.4 Å². The van der Waals surface area contributed by atoms with Crippen LogP contribution < -0.4 is 5.32 Å². The number of hydrogen-bond acceptors (Lipinski definition) is 5. The SMILES string of the molecule is O=C(NCCc1ccccc1)c1ccc(CSc2ccc(-c3ccc(-c4ccccc4)cc3)nn2)o1. The van der Waals surface area contributed by atoms with Gasteiger partial charge in [0.15, 0.2) is 5.76 Å². The Morgan fingerprint density at radius 1 is 0.722 bits per heavy atom. The summed E-state index contributed by atoms with van der Waals surface area (Å²) in [5, 5.41) is 12.4. The van der Waals surface area contributed by atoms with E-state index in [0.29, 0.717) is 18.1 Å². The minimum Gasteiger partial charge on any atom is -0.455 e. The molecule has 0 aliphatic rings. The normalized spacial score (nSPS) is 10.8. The summed E-state index contributed by atoms with van der Waals surface area (Å²) in [6, 6.07) is 36.1. The maximum Gasteiger partial charge on any atom is 0.287 e. The summed E-state index contributed by atoms with van der Waals surface area (Å²) in [6.45, 7) is 0.560. The van der Waals surface area contributed by atoms with E-state index in [2.05, 4.69) is 51.9 Å². The van der Waals surface area contributed by atoms with Crippen LogP contribution in [-0.4, -0.2) is 22.6 Å². The molecule has 2 aromatic heterocycles. The number of amides is 1. The molecular formula is C30H25N3O2S. The van der Waals surface area contributed by atoms with Crippen molar-refractivity contribution in [2.45, 2.75) is 17.2 Å². The Labute approximate surface area is 214 Å². The van der Waals surface area contributed by atoms with Gasteiger partial charge < -0.3 is 9.73 Å². The number of nitrogens with zero attached hydrogens (tertiary/aromatic N) is 2. The van der Waals surface area contributed by atoms with Crippen molar-refractivity contribution in [1.82, 2.24) is 15.5 Å². The van der Waals surface area contributed by atoms with E-state index in [9.17, 15) is 4.79 Å². The molecule has 0 fully saturated rings. The highest BCUT2D eigenvalue weighted by atomic mass is 32.2. The highest BCUT2D eigenvalue weighted by molar-refractivity contribution is 7.98. The number of hydrogen-bond donors (Lipinski definition) is 1. The molecule has 3 aromatic carbocycles. The molecule has 0 aliphatic carbocycles. The highest BCUT2D eigenvalue weighted by Crippen LogP contribution is 2.26. The Hall–Kier alpha value is -4.16. The zero-order chi connectivity index (χ0) is 24.6. The highest BCUT2D eigenvalue weighted by Gasteiger charge is 2.11. The first-order valence-electron chi connectivity index (χ1n) is 11.8. The molecule has 36 heavy (non-hydrogen) atoms. The number of benzene rings is 3. The summed E-state index contributed by atoms with van der Waals surface area (Å²) in [6.07, 6.45) is 0.780. The number of carbonyl (C=O) groups excluding carboxylic acids is 1. The predicted molar refractivity (Wildman–Crippen MR) is 144 cm³/mol. The van der Waals surface area contributed by atoms with E-state index in [1.807, 2.05) is 66.7 Å². The van der Waals surface area contributed by atoms with Crippen molar-refractivity contribution in [2.75, 3.05) is 6.54 Å². The van der Waals surface area contributed by atoms with Gasteiger partial charge in [0, 0.05) is 12.1 Å². The molecule has 0 radical (unpaired) electrons. The van der Waals surface area contributed by atoms with Gasteiger partial charge in [0.1, 0.15) is 10.8 Å². The Morgan fingerprint density at radius 2 is 1.42 bits per heavy atom. The fraction of sp³-hybridized carbons (Fsp3) is 0.100. The van der Waals surface area contributed by atoms with E-state index >= 15 is 0 Å². The third-order valence-corrected chi connectivity index (χ3v) is 6.66. The van der Waals surface area contributed by atoms with Gasteiger partial charge >= 0.3 is 0 Å². The molecule has 0 aliphatic heterocycles. The molecule has 0 saturated heterocycles. The van der Waals surface area contributed by atoms with Crippen LogP contribution in [0.15, 0.2) is 119 Å². The lowest BCUT2D eigenvalue weighted by Crippen LogP contribution is -2.25. The molecule has 0 atom stereocenters. The molecule has 2 heterocycles. The molecule has 0 saturated carbocycles. The van der Waals surface area contributed by atoms with Gasteiger partial charge in [0.25, 0.3) is 5.91 Å². The molecule has 0 spiro atoms. The molecule has 5 aromatic rings. The van der Waals surface area contributed by atoms with Gasteiger partial charge in [-0.15, -0.1) is 10.2 Å². The zero-order valence-electron chi connectivity index (χ0n) is 19.6. The number of nitrogens with one attached hydrogen (secondary N) is 1. The smallest absolute Gasteiger partial charge is 0.287 e. The van der Waals surface area contributed by atoms with Crippen LogP contribution in [-0.2, 0) is 12.2 Å². The third kappa shape index (κ3) is 6.09. The van der Waals surface area contributed by atoms with Crippen LogP contribution in [0.5, 0.6) is 0 Å². The summed E-state index contributed by atoms with van der Waals surface area (Å²) < 4.78 is 5.73. The van der Waals surface area contributed by atoms with E-state index in [1.54, 1.807) is 6.07 Å². The molecule has 0 bridgehead atoms. The number of thioether (sulfide) groups is 1. The van der Waals surface area contributed by atoms with Crippen molar-refractivity contribution in [1.29, 1.82) is 0 Å². The molecule has 6 heteroatoms. The average Bonchev–Trinajstić information content (AvgIpc) is 3.43. The maximum atomic E-state index is 12.4. The van der Waals surface area contributed by atoms with Crippen LogP contribution >= 0.6 is 11.8 Å². The maximum absolute atomic E-state index is 12.4. The molecule has 5 nitrogen and oxygen atoms in total. The van der Waals surface area contributed by atoms with E-state index in [0.717, 1.165) is 28.5 Å². The van der Waals surface area contributed by atoms with Crippen molar-refractivity contribution >= 4 is 17.7 Å². The van der Waals surface area contributed by atoms with Crippen molar-refractivity contribution in [2.24, 2.45) is 0 Å². The number of carbonyl (C=O) groups is 1. The topological polar surface area (TPSA) is 68.0 Å². The van der Waals surface area contributed by atoms with Gasteiger partial charge in [-0.2, -0.15) is 0 Å². The van der Waals surface area contributed by atoms with Gasteiger partial charge in [0.2, 0.25) is 0 Å². The van der Waals surface area contributed by atoms with Gasteiger partial charge in [-0.1, -0.05) is 96.7 Å². The van der Waals surface area contributed by atoms with E-state index in [-0.39, 0.29) is 5.91 Å². The van der Waals surface area contributed by atoms with Crippen molar-refractivity contribution < 1.29 is 9.21 Å². The van der Waals surface area contributed by atoms with Crippen molar-refractivity contribution in [3.63, 3.8) is 0 Å². The zero-order valence-corrected chi connectivity index (χ0v) is 20.4. The standard InChI is InChI=1S/C30H25N3O2S/c34-30(31-20-19-22-7-3-1-4-8-22)28-17-15-26(35-28)21-36-29-18-16-27(32-33-29)25-13-11-24(12-14-25)23-9-5-2-6-10-23/h1-18H,19-21H2,(H,31,34). The second-order valence-electron chi connectivity index (χ2n) is 8.25. The quantitative estimate of drug-likeness (QED) is 0.233. The van der Waals surface area contributed by atoms with Gasteiger partial charge in [-0.25, -0.2) is 0 Å². The second-order valence-corrected chi connectivity index (χ2v) is 9.24. The minimum absolute atomic E-state index is 0.204. The first kappa shape index (κ1) is 23.6. The van der Waals surface area contributed by atoms with Crippen LogP contribution in [0.25, 0.3) is 22.4 Å². The van der Waals surface area contributed by atoms with Crippen molar-refractivity contribution in [3.05, 3.63) is 126 Å². The Kier molecular flexibility index (Phi) is 7.54. The Balaban J connectivity index is 1.12. The summed E-state index contributed by atoms with van der Waals surface area (Å²) in [5.74, 6) is 1.40. The summed E-state index contributed by atoms with van der Waals surface area (Å²) in [7, 11) is 0. The fourth-order valence-corrected chi connectivity index (χ4v) is 4.50. The molecular weight excluding hydrogens is 466 g/mol. The molecule has 1 N–H and O–H groups in total. The largest absolute Gasteiger partial charge is 0.455 e. The Bertz CT molecular complexity index is 1400. The van der Waals surface area contributed by atoms with Gasteiger partial charge in [-0.3, -0.25) is 4.79 Å². The second kappa shape index (κ2) is 11.5. The fourth-order valence-electron chi connectivity index (χ4n) is 3.79. The Morgan fingerprint density at radius 3 is 2.14 bits per heavy atom. The van der Waals surface area contributed by atoms with Gasteiger partial charge in [-0.05, 0) is 47.4 Å². The van der Waals surface area contributed by atoms with Crippen LogP contribution in [0.2, 0.25) is 0 Å². The lowest BCUT2D eigenvalue weighted by Gasteiger charge is -2.05. The lowest BCUT2D eigenvalue weighted by atomic mass is 10.0. The molecule has 178 valence electrons. The number of rotatable bonds is 9. The minimum atomic E-state index is -0.204. The van der Waals surface area contributed by atoms with E-state index in [4.69, 9.17) is 4.42 Å².